The largest absolute Gasteiger partial charge is 0.301 e. The van der Waals surface area contributed by atoms with Crippen LogP contribution in [0.1, 0.15) is 18.9 Å². The first-order valence-electron chi connectivity index (χ1n) is 5.69. The van der Waals surface area contributed by atoms with Crippen LogP contribution in [-0.2, 0) is 6.42 Å². The van der Waals surface area contributed by atoms with Gasteiger partial charge in [0.05, 0.1) is 15.6 Å². The summed E-state index contributed by atoms with van der Waals surface area (Å²) in [7, 11) is 0. The zero-order chi connectivity index (χ0) is 13.1. The Labute approximate surface area is 114 Å². The summed E-state index contributed by atoms with van der Waals surface area (Å²) >= 11 is 3.03. The minimum absolute atomic E-state index is 0.122. The Morgan fingerprint density at radius 1 is 1.50 bits per heavy atom. The van der Waals surface area contributed by atoms with Gasteiger partial charge in [0, 0.05) is 18.7 Å². The summed E-state index contributed by atoms with van der Waals surface area (Å²) < 4.78 is 0. The lowest BCUT2D eigenvalue weighted by molar-refractivity contribution is 0.644. The molecule has 2 aromatic heterocycles. The van der Waals surface area contributed by atoms with Gasteiger partial charge in [-0.1, -0.05) is 25.6 Å². The molecule has 0 aliphatic rings. The molecule has 0 atom stereocenters. The number of hydrogen-bond donors (Lipinski definition) is 1. The molecule has 0 unspecified atom stereocenters. The number of nitrogens with zero attached hydrogens (tertiary/aromatic N) is 2. The van der Waals surface area contributed by atoms with Gasteiger partial charge in [-0.15, -0.1) is 11.3 Å². The summed E-state index contributed by atoms with van der Waals surface area (Å²) in [6.45, 7) is 4.33. The molecule has 18 heavy (non-hydrogen) atoms. The molecule has 96 valence electrons. The van der Waals surface area contributed by atoms with Crippen molar-refractivity contribution in [3.63, 3.8) is 0 Å². The van der Waals surface area contributed by atoms with E-state index in [1.54, 1.807) is 17.5 Å². The van der Waals surface area contributed by atoms with E-state index in [-0.39, 0.29) is 5.56 Å². The van der Waals surface area contributed by atoms with Crippen LogP contribution in [0.2, 0.25) is 0 Å². The van der Waals surface area contributed by atoms with Crippen LogP contribution >= 0.6 is 23.1 Å². The van der Waals surface area contributed by atoms with Crippen molar-refractivity contribution in [2.24, 2.45) is 5.92 Å². The maximum atomic E-state index is 11.5. The van der Waals surface area contributed by atoms with Crippen LogP contribution in [0, 0.1) is 5.92 Å². The van der Waals surface area contributed by atoms with E-state index >= 15 is 0 Å². The zero-order valence-electron chi connectivity index (χ0n) is 10.6. The second-order valence-electron chi connectivity index (χ2n) is 4.36. The van der Waals surface area contributed by atoms with Crippen LogP contribution in [-0.4, -0.2) is 21.2 Å². The first-order valence-corrected chi connectivity index (χ1v) is 7.73. The van der Waals surface area contributed by atoms with Crippen molar-refractivity contribution in [3.05, 3.63) is 27.6 Å². The highest BCUT2D eigenvalue weighted by atomic mass is 32.2. The van der Waals surface area contributed by atoms with Crippen molar-refractivity contribution in [3.8, 4) is 10.6 Å². The van der Waals surface area contributed by atoms with E-state index in [4.69, 9.17) is 0 Å². The molecule has 0 amide bonds. The monoisotopic (exact) mass is 281 g/mol. The first-order chi connectivity index (χ1) is 8.58. The van der Waals surface area contributed by atoms with Gasteiger partial charge in [0.15, 0.2) is 5.16 Å². The Bertz CT molecular complexity index is 589. The minimum atomic E-state index is -0.122. The van der Waals surface area contributed by atoms with Crippen molar-refractivity contribution in [2.45, 2.75) is 25.4 Å². The second-order valence-corrected chi connectivity index (χ2v) is 6.27. The Morgan fingerprint density at radius 2 is 2.28 bits per heavy atom. The standard InChI is InChI=1S/C12H15N3OS2/c1-7(2)4-11-13-6-9(18-11)8-5-10(16)15-12(14-8)17-3/h5-7H,4H2,1-3H3,(H,14,15,16). The van der Waals surface area contributed by atoms with Crippen molar-refractivity contribution in [1.29, 1.82) is 0 Å². The van der Waals surface area contributed by atoms with E-state index in [0.29, 0.717) is 16.8 Å². The van der Waals surface area contributed by atoms with Gasteiger partial charge >= 0.3 is 0 Å². The van der Waals surface area contributed by atoms with Crippen LogP contribution in [0.5, 0.6) is 0 Å². The number of rotatable bonds is 4. The lowest BCUT2D eigenvalue weighted by Gasteiger charge is -1.99. The molecule has 0 aliphatic heterocycles. The fourth-order valence-corrected chi connectivity index (χ4v) is 3.01. The number of aromatic amines is 1. The Balaban J connectivity index is 2.33. The van der Waals surface area contributed by atoms with E-state index < -0.39 is 0 Å². The van der Waals surface area contributed by atoms with Gasteiger partial charge in [-0.05, 0) is 12.2 Å². The molecule has 0 bridgehead atoms. The fraction of sp³-hybridized carbons (Fsp3) is 0.417. The second kappa shape index (κ2) is 5.67. The Kier molecular flexibility index (Phi) is 4.19. The predicted octanol–water partition coefficient (Wildman–Crippen LogP) is 2.81. The Morgan fingerprint density at radius 3 is 2.94 bits per heavy atom. The summed E-state index contributed by atoms with van der Waals surface area (Å²) in [6, 6.07) is 1.52. The number of thiazole rings is 1. The molecular weight excluding hydrogens is 266 g/mol. The van der Waals surface area contributed by atoms with E-state index in [9.17, 15) is 4.79 Å². The van der Waals surface area contributed by atoms with Gasteiger partial charge in [-0.25, -0.2) is 9.97 Å². The minimum Gasteiger partial charge on any atom is -0.301 e. The molecule has 4 nitrogen and oxygen atoms in total. The van der Waals surface area contributed by atoms with E-state index in [1.807, 2.05) is 6.26 Å². The quantitative estimate of drug-likeness (QED) is 0.691. The molecule has 0 aromatic carbocycles. The highest BCUT2D eigenvalue weighted by Crippen LogP contribution is 2.25. The van der Waals surface area contributed by atoms with Crippen LogP contribution in [0.15, 0.2) is 22.2 Å². The average molecular weight is 281 g/mol. The van der Waals surface area contributed by atoms with E-state index in [2.05, 4.69) is 28.8 Å². The Hall–Kier alpha value is -1.14. The van der Waals surface area contributed by atoms with Crippen LogP contribution in [0.4, 0.5) is 0 Å². The zero-order valence-corrected chi connectivity index (χ0v) is 12.2. The third-order valence-electron chi connectivity index (χ3n) is 2.30. The number of H-pyrrole nitrogens is 1. The van der Waals surface area contributed by atoms with Gasteiger partial charge in [-0.2, -0.15) is 0 Å². The van der Waals surface area contributed by atoms with Gasteiger partial charge in [-0.3, -0.25) is 4.79 Å². The summed E-state index contributed by atoms with van der Waals surface area (Å²) in [5.74, 6) is 0.581. The smallest absolute Gasteiger partial charge is 0.252 e. The summed E-state index contributed by atoms with van der Waals surface area (Å²) in [4.78, 5) is 23.9. The van der Waals surface area contributed by atoms with Gasteiger partial charge in [0.1, 0.15) is 0 Å². The highest BCUT2D eigenvalue weighted by Gasteiger charge is 2.09. The molecule has 0 radical (unpaired) electrons. The van der Waals surface area contributed by atoms with Crippen molar-refractivity contribution in [1.82, 2.24) is 15.0 Å². The molecule has 2 heterocycles. The van der Waals surface area contributed by atoms with Crippen molar-refractivity contribution >= 4 is 23.1 Å². The van der Waals surface area contributed by atoms with Crippen LogP contribution in [0.3, 0.4) is 0 Å². The fourth-order valence-electron chi connectivity index (χ4n) is 1.53. The predicted molar refractivity (Wildman–Crippen MR) is 76.3 cm³/mol. The molecule has 0 fully saturated rings. The number of aromatic nitrogens is 3. The maximum absolute atomic E-state index is 11.5. The van der Waals surface area contributed by atoms with Crippen molar-refractivity contribution < 1.29 is 0 Å². The number of hydrogen-bond acceptors (Lipinski definition) is 5. The number of nitrogens with one attached hydrogen (secondary N) is 1. The molecular formula is C12H15N3OS2. The normalized spacial score (nSPS) is 11.1. The van der Waals surface area contributed by atoms with Gasteiger partial charge in [0.25, 0.3) is 5.56 Å². The SMILES string of the molecule is CSc1nc(-c2cnc(CC(C)C)s2)cc(=O)[nH]1. The van der Waals surface area contributed by atoms with E-state index in [1.165, 1.54) is 17.8 Å². The lowest BCUT2D eigenvalue weighted by atomic mass is 10.1. The maximum Gasteiger partial charge on any atom is 0.252 e. The summed E-state index contributed by atoms with van der Waals surface area (Å²) in [5, 5.41) is 1.73. The molecule has 1 N–H and O–H groups in total. The summed E-state index contributed by atoms with van der Waals surface area (Å²) in [5.41, 5.74) is 0.582. The van der Waals surface area contributed by atoms with Gasteiger partial charge < -0.3 is 4.98 Å². The highest BCUT2D eigenvalue weighted by molar-refractivity contribution is 7.98. The van der Waals surface area contributed by atoms with Crippen molar-refractivity contribution in [2.75, 3.05) is 6.26 Å². The molecule has 0 saturated carbocycles. The lowest BCUT2D eigenvalue weighted by Crippen LogP contribution is -2.07. The molecule has 0 spiro atoms. The third-order valence-corrected chi connectivity index (χ3v) is 3.92. The third kappa shape index (κ3) is 3.20. The molecule has 0 saturated heterocycles. The molecule has 2 aromatic rings. The van der Waals surface area contributed by atoms with Gasteiger partial charge in [0.2, 0.25) is 0 Å². The summed E-state index contributed by atoms with van der Waals surface area (Å²) in [6.07, 6.45) is 4.65. The first kappa shape index (κ1) is 13.3. The number of thioether (sulfide) groups is 1. The molecule has 0 aliphatic carbocycles. The average Bonchev–Trinajstić information content (AvgIpc) is 2.75. The molecule has 2 rings (SSSR count). The van der Waals surface area contributed by atoms with Crippen LogP contribution in [0.25, 0.3) is 10.6 Å². The van der Waals surface area contributed by atoms with Crippen LogP contribution < -0.4 is 5.56 Å². The molecule has 6 heteroatoms. The van der Waals surface area contributed by atoms with E-state index in [0.717, 1.165) is 16.3 Å². The topological polar surface area (TPSA) is 58.6 Å².